The zero-order valence-electron chi connectivity index (χ0n) is 16.3. The molecule has 2 aromatic rings. The molecule has 0 unspecified atom stereocenters. The molecule has 1 aliphatic heterocycles. The van der Waals surface area contributed by atoms with E-state index in [-0.39, 0.29) is 16.9 Å². The molecule has 146 valence electrons. The minimum atomic E-state index is -0.434. The van der Waals surface area contributed by atoms with E-state index in [1.807, 2.05) is 0 Å². The lowest BCUT2D eigenvalue weighted by Crippen LogP contribution is -2.48. The maximum atomic E-state index is 13.6. The van der Waals surface area contributed by atoms with Gasteiger partial charge in [-0.1, -0.05) is 20.8 Å². The number of amides is 1. The van der Waals surface area contributed by atoms with Crippen molar-refractivity contribution in [3.05, 3.63) is 45.7 Å². The Morgan fingerprint density at radius 3 is 2.56 bits per heavy atom. The molecule has 27 heavy (non-hydrogen) atoms. The lowest BCUT2D eigenvalue weighted by atomic mass is 9.98. The second kappa shape index (κ2) is 7.94. The summed E-state index contributed by atoms with van der Waals surface area (Å²) in [6.45, 7) is 10.0. The Hall–Kier alpha value is -1.99. The van der Waals surface area contributed by atoms with Crippen LogP contribution in [0.2, 0.25) is 0 Å². The van der Waals surface area contributed by atoms with Crippen LogP contribution < -0.4 is 4.74 Å². The van der Waals surface area contributed by atoms with Gasteiger partial charge in [-0.05, 0) is 18.2 Å². The first-order chi connectivity index (χ1) is 12.8. The number of rotatable bonds is 4. The van der Waals surface area contributed by atoms with Crippen LogP contribution >= 0.6 is 11.3 Å². The fourth-order valence-corrected chi connectivity index (χ4v) is 3.98. The summed E-state index contributed by atoms with van der Waals surface area (Å²) in [6.07, 6.45) is 0. The van der Waals surface area contributed by atoms with Crippen molar-refractivity contribution in [3.63, 3.8) is 0 Å². The van der Waals surface area contributed by atoms with Crippen LogP contribution in [0.1, 0.15) is 41.8 Å². The average Bonchev–Trinajstić information content (AvgIpc) is 3.11. The first-order valence-corrected chi connectivity index (χ1v) is 9.96. The van der Waals surface area contributed by atoms with E-state index >= 15 is 0 Å². The van der Waals surface area contributed by atoms with Crippen molar-refractivity contribution in [2.24, 2.45) is 0 Å². The number of hydrogen-bond acceptors (Lipinski definition) is 5. The summed E-state index contributed by atoms with van der Waals surface area (Å²) in [6, 6.07) is 4.04. The first-order valence-electron chi connectivity index (χ1n) is 9.08. The van der Waals surface area contributed by atoms with Crippen LogP contribution in [0.15, 0.2) is 23.6 Å². The van der Waals surface area contributed by atoms with Crippen LogP contribution in [0, 0.1) is 5.82 Å². The van der Waals surface area contributed by atoms with Crippen molar-refractivity contribution in [1.82, 2.24) is 14.8 Å². The Kier molecular flexibility index (Phi) is 5.81. The van der Waals surface area contributed by atoms with E-state index in [4.69, 9.17) is 9.72 Å². The molecule has 7 heteroatoms. The quantitative estimate of drug-likeness (QED) is 0.800. The Morgan fingerprint density at radius 2 is 1.96 bits per heavy atom. The Balaban J connectivity index is 1.60. The van der Waals surface area contributed by atoms with Gasteiger partial charge < -0.3 is 9.64 Å². The van der Waals surface area contributed by atoms with E-state index in [0.29, 0.717) is 18.8 Å². The molecule has 0 spiro atoms. The normalized spacial score (nSPS) is 15.8. The van der Waals surface area contributed by atoms with Gasteiger partial charge in [-0.15, -0.1) is 11.3 Å². The van der Waals surface area contributed by atoms with Crippen LogP contribution in [0.5, 0.6) is 5.75 Å². The van der Waals surface area contributed by atoms with Crippen molar-refractivity contribution >= 4 is 17.2 Å². The van der Waals surface area contributed by atoms with Crippen molar-refractivity contribution in [2.45, 2.75) is 32.7 Å². The van der Waals surface area contributed by atoms with Crippen molar-refractivity contribution in [1.29, 1.82) is 0 Å². The van der Waals surface area contributed by atoms with Gasteiger partial charge in [-0.25, -0.2) is 9.37 Å². The molecule has 0 saturated carbocycles. The van der Waals surface area contributed by atoms with Crippen molar-refractivity contribution < 1.29 is 13.9 Å². The molecule has 0 radical (unpaired) electrons. The Labute approximate surface area is 163 Å². The molecule has 5 nitrogen and oxygen atoms in total. The molecule has 0 bridgehead atoms. The topological polar surface area (TPSA) is 45.7 Å². The lowest BCUT2D eigenvalue weighted by Gasteiger charge is -2.34. The number of thiazole rings is 1. The fraction of sp³-hybridized carbons (Fsp3) is 0.500. The molecule has 1 amide bonds. The molecule has 3 rings (SSSR count). The van der Waals surface area contributed by atoms with E-state index in [1.54, 1.807) is 16.2 Å². The number of carbonyl (C=O) groups excluding carboxylic acids is 1. The molecule has 1 aliphatic rings. The maximum absolute atomic E-state index is 13.6. The van der Waals surface area contributed by atoms with Crippen molar-refractivity contribution in [2.75, 3.05) is 33.3 Å². The molecule has 0 aliphatic carbocycles. The van der Waals surface area contributed by atoms with Gasteiger partial charge in [0, 0.05) is 43.5 Å². The second-order valence-corrected chi connectivity index (χ2v) is 8.67. The van der Waals surface area contributed by atoms with Gasteiger partial charge in [0.15, 0.2) is 0 Å². The number of hydrogen-bond donors (Lipinski definition) is 0. The number of aromatic nitrogens is 1. The second-order valence-electron chi connectivity index (χ2n) is 7.81. The molecule has 1 aromatic carbocycles. The van der Waals surface area contributed by atoms with E-state index in [0.717, 1.165) is 30.3 Å². The Bertz CT molecular complexity index is 808. The zero-order chi connectivity index (χ0) is 19.6. The van der Waals surface area contributed by atoms with Crippen LogP contribution in [0.3, 0.4) is 0 Å². The summed E-state index contributed by atoms with van der Waals surface area (Å²) in [7, 11) is 1.49. The summed E-state index contributed by atoms with van der Waals surface area (Å²) in [5.41, 5.74) is 1.43. The number of piperazine rings is 1. The predicted octanol–water partition coefficient (Wildman–Crippen LogP) is 3.55. The minimum Gasteiger partial charge on any atom is -0.496 e. The average molecular weight is 392 g/mol. The zero-order valence-corrected chi connectivity index (χ0v) is 17.1. The van der Waals surface area contributed by atoms with Crippen LogP contribution in [0.25, 0.3) is 0 Å². The lowest BCUT2D eigenvalue weighted by molar-refractivity contribution is 0.0623. The number of carbonyl (C=O) groups is 1. The van der Waals surface area contributed by atoms with Gasteiger partial charge >= 0.3 is 0 Å². The van der Waals surface area contributed by atoms with E-state index in [9.17, 15) is 9.18 Å². The molecule has 0 atom stereocenters. The SMILES string of the molecule is COc1ccc(F)cc1C(=O)N1CCN(Cc2csc(C(C)(C)C)n2)CC1. The highest BCUT2D eigenvalue weighted by Crippen LogP contribution is 2.26. The van der Waals surface area contributed by atoms with Gasteiger partial charge in [-0.3, -0.25) is 9.69 Å². The monoisotopic (exact) mass is 391 g/mol. The van der Waals surface area contributed by atoms with Crippen molar-refractivity contribution in [3.8, 4) is 5.75 Å². The van der Waals surface area contributed by atoms with E-state index in [1.165, 1.54) is 25.3 Å². The standard InChI is InChI=1S/C20H26FN3O2S/c1-20(2,3)19-22-15(13-27-19)12-23-7-9-24(10-8-23)18(25)16-11-14(21)5-6-17(16)26-4/h5-6,11,13H,7-10,12H2,1-4H3. The molecule has 0 N–H and O–H groups in total. The summed E-state index contributed by atoms with van der Waals surface area (Å²) in [5.74, 6) is -0.216. The molecule has 1 fully saturated rings. The van der Waals surface area contributed by atoms with Crippen LogP contribution in [-0.4, -0.2) is 54.0 Å². The third-order valence-electron chi connectivity index (χ3n) is 4.63. The smallest absolute Gasteiger partial charge is 0.257 e. The fourth-order valence-electron chi connectivity index (χ4n) is 3.08. The summed E-state index contributed by atoms with van der Waals surface area (Å²) in [5, 5.41) is 3.26. The van der Waals surface area contributed by atoms with Gasteiger partial charge in [0.1, 0.15) is 11.6 Å². The van der Waals surface area contributed by atoms with E-state index < -0.39 is 5.82 Å². The molecular weight excluding hydrogens is 365 g/mol. The highest BCUT2D eigenvalue weighted by Gasteiger charge is 2.25. The number of benzene rings is 1. The summed E-state index contributed by atoms with van der Waals surface area (Å²) >= 11 is 1.70. The number of nitrogens with zero attached hydrogens (tertiary/aromatic N) is 3. The molecule has 1 aromatic heterocycles. The largest absolute Gasteiger partial charge is 0.496 e. The molecule has 1 saturated heterocycles. The molecular formula is C20H26FN3O2S. The molecule has 2 heterocycles. The van der Waals surface area contributed by atoms with Gasteiger partial charge in [0.2, 0.25) is 0 Å². The minimum absolute atomic E-state index is 0.0675. The highest BCUT2D eigenvalue weighted by atomic mass is 32.1. The predicted molar refractivity (Wildman–Crippen MR) is 105 cm³/mol. The third-order valence-corrected chi connectivity index (χ3v) is 5.95. The van der Waals surface area contributed by atoms with Gasteiger partial charge in [0.25, 0.3) is 5.91 Å². The van der Waals surface area contributed by atoms with Crippen LogP contribution in [0.4, 0.5) is 4.39 Å². The van der Waals surface area contributed by atoms with Gasteiger partial charge in [0.05, 0.1) is 23.4 Å². The Morgan fingerprint density at radius 1 is 1.26 bits per heavy atom. The number of methoxy groups -OCH3 is 1. The van der Waals surface area contributed by atoms with Gasteiger partial charge in [-0.2, -0.15) is 0 Å². The summed E-state index contributed by atoms with van der Waals surface area (Å²) < 4.78 is 18.8. The third kappa shape index (κ3) is 4.65. The summed E-state index contributed by atoms with van der Waals surface area (Å²) in [4.78, 5) is 21.6. The maximum Gasteiger partial charge on any atom is 0.257 e. The number of halogens is 1. The first kappa shape index (κ1) is 19.8. The number of ether oxygens (including phenoxy) is 1. The highest BCUT2D eigenvalue weighted by molar-refractivity contribution is 7.09. The van der Waals surface area contributed by atoms with Crippen LogP contribution in [-0.2, 0) is 12.0 Å². The van der Waals surface area contributed by atoms with E-state index in [2.05, 4.69) is 31.1 Å².